The Balaban J connectivity index is 2.17. The van der Waals surface area contributed by atoms with Gasteiger partial charge >= 0.3 is 0 Å². The van der Waals surface area contributed by atoms with Crippen LogP contribution in [0.15, 0.2) is 40.2 Å². The Bertz CT molecular complexity index is 890. The van der Waals surface area contributed by atoms with Gasteiger partial charge in [0.2, 0.25) is 5.88 Å². The normalized spacial score (nSPS) is 12.1. The third-order valence-corrected chi connectivity index (χ3v) is 4.07. The first-order valence-electron chi connectivity index (χ1n) is 7.67. The summed E-state index contributed by atoms with van der Waals surface area (Å²) in [6.07, 6.45) is 1.95. The smallest absolute Gasteiger partial charge is 0.264 e. The van der Waals surface area contributed by atoms with E-state index in [9.17, 15) is 9.90 Å². The summed E-state index contributed by atoms with van der Waals surface area (Å²) in [5.41, 5.74) is 2.89. The monoisotopic (exact) mass is 377 g/mol. The molecule has 0 radical (unpaired) electrons. The molecular formula is C16H19N5O2S2. The third-order valence-electron chi connectivity index (χ3n) is 3.58. The Labute approximate surface area is 155 Å². The fourth-order valence-corrected chi connectivity index (χ4v) is 2.63. The van der Waals surface area contributed by atoms with Crippen molar-refractivity contribution >= 4 is 41.5 Å². The van der Waals surface area contributed by atoms with Gasteiger partial charge in [-0.1, -0.05) is 25.1 Å². The van der Waals surface area contributed by atoms with Crippen LogP contribution in [0.5, 0.6) is 5.88 Å². The van der Waals surface area contributed by atoms with Crippen LogP contribution in [-0.4, -0.2) is 26.0 Å². The number of para-hydroxylation sites is 1. The number of hydrogen-bond donors (Lipinski definition) is 4. The predicted octanol–water partition coefficient (Wildman–Crippen LogP) is 2.90. The summed E-state index contributed by atoms with van der Waals surface area (Å²) < 4.78 is 1.65. The lowest BCUT2D eigenvalue weighted by Gasteiger charge is -2.16. The van der Waals surface area contributed by atoms with E-state index in [4.69, 9.17) is 24.4 Å². The van der Waals surface area contributed by atoms with Crippen molar-refractivity contribution in [1.29, 1.82) is 0 Å². The van der Waals surface area contributed by atoms with Gasteiger partial charge in [0.1, 0.15) is 5.56 Å². The van der Waals surface area contributed by atoms with Crippen LogP contribution in [0.3, 0.4) is 0 Å². The fraction of sp³-hybridized carbons (Fsp3) is 0.250. The van der Waals surface area contributed by atoms with Gasteiger partial charge in [-0.2, -0.15) is 5.10 Å². The van der Waals surface area contributed by atoms with Gasteiger partial charge in [0, 0.05) is 11.7 Å². The molecule has 9 heteroatoms. The lowest BCUT2D eigenvalue weighted by atomic mass is 10.2. The van der Waals surface area contributed by atoms with Crippen molar-refractivity contribution in [3.8, 4) is 5.88 Å². The molecule has 0 amide bonds. The molecule has 1 aromatic heterocycles. The maximum atomic E-state index is 12.0. The number of anilines is 1. The fourth-order valence-electron chi connectivity index (χ4n) is 2.10. The quantitative estimate of drug-likeness (QED) is 0.364. The van der Waals surface area contributed by atoms with Gasteiger partial charge in [0.05, 0.1) is 6.21 Å². The highest BCUT2D eigenvalue weighted by Gasteiger charge is 2.14. The summed E-state index contributed by atoms with van der Waals surface area (Å²) in [4.78, 5) is 14.6. The zero-order valence-electron chi connectivity index (χ0n) is 13.8. The lowest BCUT2D eigenvalue weighted by molar-refractivity contribution is 0.371. The molecular weight excluding hydrogens is 358 g/mol. The highest BCUT2D eigenvalue weighted by Crippen LogP contribution is 2.19. The average Bonchev–Trinajstić information content (AvgIpc) is 2.58. The number of aromatic nitrogens is 2. The molecule has 0 bridgehead atoms. The molecule has 4 N–H and O–H groups in total. The van der Waals surface area contributed by atoms with E-state index < -0.39 is 5.56 Å². The van der Waals surface area contributed by atoms with Crippen LogP contribution in [0.25, 0.3) is 0 Å². The summed E-state index contributed by atoms with van der Waals surface area (Å²) in [5, 5.41) is 17.5. The van der Waals surface area contributed by atoms with E-state index in [1.54, 1.807) is 0 Å². The van der Waals surface area contributed by atoms with Gasteiger partial charge in [-0.15, -0.1) is 0 Å². The molecule has 0 fully saturated rings. The van der Waals surface area contributed by atoms with Gasteiger partial charge in [0.25, 0.3) is 5.56 Å². The van der Waals surface area contributed by atoms with Crippen LogP contribution in [-0.2, 0) is 0 Å². The number of aromatic amines is 1. The van der Waals surface area contributed by atoms with E-state index >= 15 is 0 Å². The molecule has 132 valence electrons. The number of nitrogens with zero attached hydrogens (tertiary/aromatic N) is 2. The van der Waals surface area contributed by atoms with Crippen molar-refractivity contribution in [3.63, 3.8) is 0 Å². The highest BCUT2D eigenvalue weighted by molar-refractivity contribution is 7.80. The van der Waals surface area contributed by atoms with Crippen LogP contribution in [0.1, 0.15) is 31.9 Å². The minimum atomic E-state index is -0.519. The minimum absolute atomic E-state index is 0.00362. The molecule has 1 atom stereocenters. The highest BCUT2D eigenvalue weighted by atomic mass is 32.1. The van der Waals surface area contributed by atoms with E-state index in [1.165, 1.54) is 10.8 Å². The topological polar surface area (TPSA) is 94.4 Å². The summed E-state index contributed by atoms with van der Waals surface area (Å²) in [7, 11) is 0. The van der Waals surface area contributed by atoms with Gasteiger partial charge in [0.15, 0.2) is 9.88 Å². The van der Waals surface area contributed by atoms with Crippen molar-refractivity contribution in [1.82, 2.24) is 15.0 Å². The van der Waals surface area contributed by atoms with Crippen LogP contribution >= 0.6 is 24.4 Å². The van der Waals surface area contributed by atoms with E-state index in [0.717, 1.165) is 12.1 Å². The third kappa shape index (κ3) is 4.74. The SMILES string of the molecule is CC[C@@H](C)n1c(O)c(C=NNC(=S)Nc2ccccc2)c(=O)[nH]c1=S. The molecule has 0 aliphatic heterocycles. The molecule has 7 nitrogen and oxygen atoms in total. The Kier molecular flexibility index (Phi) is 6.43. The molecule has 2 aromatic rings. The number of hydrogen-bond acceptors (Lipinski definition) is 5. The van der Waals surface area contributed by atoms with E-state index in [2.05, 4.69) is 20.8 Å². The van der Waals surface area contributed by atoms with Crippen molar-refractivity contribution < 1.29 is 5.11 Å². The number of aromatic hydroxyl groups is 1. The number of hydrazone groups is 1. The number of H-pyrrole nitrogens is 1. The predicted molar refractivity (Wildman–Crippen MR) is 106 cm³/mol. The first kappa shape index (κ1) is 18.8. The zero-order chi connectivity index (χ0) is 18.4. The maximum Gasteiger partial charge on any atom is 0.264 e. The molecule has 0 spiro atoms. The largest absolute Gasteiger partial charge is 0.494 e. The van der Waals surface area contributed by atoms with E-state index in [0.29, 0.717) is 0 Å². The van der Waals surface area contributed by atoms with Gasteiger partial charge in [-0.05, 0) is 49.9 Å². The Morgan fingerprint density at radius 3 is 2.76 bits per heavy atom. The first-order chi connectivity index (χ1) is 11.9. The number of rotatable bonds is 5. The Hall–Kier alpha value is -2.52. The molecule has 2 rings (SSSR count). The average molecular weight is 377 g/mol. The van der Waals surface area contributed by atoms with Crippen LogP contribution in [0, 0.1) is 4.77 Å². The number of nitrogens with one attached hydrogen (secondary N) is 3. The van der Waals surface area contributed by atoms with Gasteiger partial charge in [-0.25, -0.2) is 0 Å². The van der Waals surface area contributed by atoms with Crippen LogP contribution < -0.4 is 16.3 Å². The molecule has 25 heavy (non-hydrogen) atoms. The summed E-state index contributed by atoms with van der Waals surface area (Å²) in [6.45, 7) is 3.85. The molecule has 1 aromatic carbocycles. The number of thiocarbonyl (C=S) groups is 1. The minimum Gasteiger partial charge on any atom is -0.494 e. The molecule has 0 aliphatic carbocycles. The van der Waals surface area contributed by atoms with Crippen molar-refractivity contribution in [2.24, 2.45) is 5.10 Å². The van der Waals surface area contributed by atoms with Gasteiger partial charge in [-0.3, -0.25) is 19.8 Å². The summed E-state index contributed by atoms with van der Waals surface area (Å²) in [6, 6.07) is 9.28. The zero-order valence-corrected chi connectivity index (χ0v) is 15.4. The first-order valence-corrected chi connectivity index (χ1v) is 8.48. The lowest BCUT2D eigenvalue weighted by Crippen LogP contribution is -2.25. The second-order valence-electron chi connectivity index (χ2n) is 5.31. The molecule has 0 saturated carbocycles. The van der Waals surface area contributed by atoms with Gasteiger partial charge < -0.3 is 10.4 Å². The maximum absolute atomic E-state index is 12.0. The molecule has 0 saturated heterocycles. The molecule has 0 aliphatic rings. The van der Waals surface area contributed by atoms with Crippen molar-refractivity contribution in [2.45, 2.75) is 26.3 Å². The second-order valence-corrected chi connectivity index (χ2v) is 6.11. The molecule has 1 heterocycles. The second kappa shape index (κ2) is 8.54. The van der Waals surface area contributed by atoms with Crippen LogP contribution in [0.4, 0.5) is 5.69 Å². The number of benzene rings is 1. The Morgan fingerprint density at radius 1 is 1.44 bits per heavy atom. The summed E-state index contributed by atoms with van der Waals surface area (Å²) >= 11 is 10.2. The van der Waals surface area contributed by atoms with Crippen molar-refractivity contribution in [3.05, 3.63) is 51.0 Å². The summed E-state index contributed by atoms with van der Waals surface area (Å²) in [5.74, 6) is -0.226. The van der Waals surface area contributed by atoms with E-state index in [-0.39, 0.29) is 27.4 Å². The Morgan fingerprint density at radius 2 is 2.12 bits per heavy atom. The van der Waals surface area contributed by atoms with Crippen molar-refractivity contribution in [2.75, 3.05) is 5.32 Å². The standard InChI is InChI=1S/C16H19N5O2S2/c1-3-10(2)21-14(23)12(13(22)19-16(21)25)9-17-20-15(24)18-11-7-5-4-6-8-11/h4-10,23H,3H2,1-2H3,(H2,18,20,24)(H,19,22,25)/t10-/m1/s1. The van der Waals surface area contributed by atoms with E-state index in [1.807, 2.05) is 44.2 Å². The molecule has 0 unspecified atom stereocenters. The van der Waals surface area contributed by atoms with Crippen LogP contribution in [0.2, 0.25) is 0 Å².